The number of nitrogens with zero attached hydrogens (tertiary/aromatic N) is 1. The molecule has 3 N–H and O–H groups in total. The molecule has 0 aliphatic rings. The summed E-state index contributed by atoms with van der Waals surface area (Å²) in [6.07, 6.45) is 1.23. The maximum absolute atomic E-state index is 13.1. The molecule has 2 aromatic carbocycles. The molecule has 0 aliphatic heterocycles. The number of ketones is 1. The number of para-hydroxylation sites is 1. The van der Waals surface area contributed by atoms with Crippen LogP contribution in [0.4, 0.5) is 15.6 Å². The zero-order valence-electron chi connectivity index (χ0n) is 16.3. The van der Waals surface area contributed by atoms with E-state index in [1.807, 2.05) is 6.92 Å². The summed E-state index contributed by atoms with van der Waals surface area (Å²) >= 11 is 1.07. The third-order valence-electron chi connectivity index (χ3n) is 4.12. The molecule has 8 nitrogen and oxygen atoms in total. The number of benzene rings is 2. The normalized spacial score (nSPS) is 10.3. The quantitative estimate of drug-likeness (QED) is 0.493. The van der Waals surface area contributed by atoms with Crippen molar-refractivity contribution in [2.24, 2.45) is 0 Å². The number of urea groups is 1. The van der Waals surface area contributed by atoms with Crippen LogP contribution in [-0.2, 0) is 11.2 Å². The van der Waals surface area contributed by atoms with E-state index in [0.717, 1.165) is 16.9 Å². The van der Waals surface area contributed by atoms with Crippen molar-refractivity contribution in [2.75, 3.05) is 17.7 Å². The van der Waals surface area contributed by atoms with E-state index in [9.17, 15) is 14.4 Å². The van der Waals surface area contributed by atoms with E-state index in [1.165, 1.54) is 13.3 Å². The van der Waals surface area contributed by atoms with Gasteiger partial charge in [0.15, 0.2) is 10.9 Å². The van der Waals surface area contributed by atoms with Crippen LogP contribution < -0.4 is 15.4 Å². The number of ether oxygens (including phenoxy) is 1. The largest absolute Gasteiger partial charge is 0.496 e. The summed E-state index contributed by atoms with van der Waals surface area (Å²) in [4.78, 5) is 40.8. The van der Waals surface area contributed by atoms with Gasteiger partial charge in [-0.05, 0) is 31.2 Å². The standard InChI is InChI=1S/C21H19N3O5S/c1-12-7-8-16(15(9-12)19(27)14-5-3-4-6-17(14)29-2)23-20(28)24-21-22-11-13(30-21)10-18(25)26/h3-9,11H,10H2,1-2H3,(H,25,26)(H2,22,23,24,28). The van der Waals surface area contributed by atoms with E-state index in [0.29, 0.717) is 27.4 Å². The summed E-state index contributed by atoms with van der Waals surface area (Å²) in [5, 5.41) is 14.3. The van der Waals surface area contributed by atoms with Crippen LogP contribution in [0.15, 0.2) is 48.7 Å². The number of methoxy groups -OCH3 is 1. The number of carbonyl (C=O) groups excluding carboxylic acids is 2. The first-order valence-electron chi connectivity index (χ1n) is 8.90. The molecule has 0 bridgehead atoms. The Morgan fingerprint density at radius 3 is 2.60 bits per heavy atom. The molecule has 1 heterocycles. The summed E-state index contributed by atoms with van der Waals surface area (Å²) in [7, 11) is 1.49. The molecule has 0 aliphatic carbocycles. The van der Waals surface area contributed by atoms with Crippen LogP contribution in [0.3, 0.4) is 0 Å². The van der Waals surface area contributed by atoms with Crippen molar-refractivity contribution in [1.29, 1.82) is 0 Å². The minimum absolute atomic E-state index is 0.170. The van der Waals surface area contributed by atoms with Crippen molar-refractivity contribution in [2.45, 2.75) is 13.3 Å². The number of aliphatic carboxylic acids is 1. The molecule has 2 amide bonds. The zero-order chi connectivity index (χ0) is 21.7. The number of nitrogens with one attached hydrogen (secondary N) is 2. The number of carboxylic acids is 1. The molecule has 0 fully saturated rings. The summed E-state index contributed by atoms with van der Waals surface area (Å²) in [5.74, 6) is -0.827. The number of rotatable bonds is 7. The Hall–Kier alpha value is -3.72. The molecular formula is C21H19N3O5S. The predicted octanol–water partition coefficient (Wildman–Crippen LogP) is 3.96. The van der Waals surface area contributed by atoms with E-state index in [4.69, 9.17) is 9.84 Å². The number of hydrogen-bond donors (Lipinski definition) is 3. The van der Waals surface area contributed by atoms with Crippen LogP contribution in [0.5, 0.6) is 5.75 Å². The minimum atomic E-state index is -0.978. The van der Waals surface area contributed by atoms with Crippen LogP contribution in [0.2, 0.25) is 0 Å². The number of carboxylic acid groups (broad SMARTS) is 1. The van der Waals surface area contributed by atoms with Gasteiger partial charge in [0.05, 0.1) is 24.8 Å². The summed E-state index contributed by atoms with van der Waals surface area (Å²) in [6, 6.07) is 11.4. The van der Waals surface area contributed by atoms with Crippen molar-refractivity contribution in [1.82, 2.24) is 4.98 Å². The van der Waals surface area contributed by atoms with Crippen LogP contribution in [0.25, 0.3) is 0 Å². The van der Waals surface area contributed by atoms with Gasteiger partial charge in [0, 0.05) is 16.6 Å². The lowest BCUT2D eigenvalue weighted by Crippen LogP contribution is -2.21. The van der Waals surface area contributed by atoms with Gasteiger partial charge < -0.3 is 15.2 Å². The second kappa shape index (κ2) is 9.19. The predicted molar refractivity (Wildman–Crippen MR) is 114 cm³/mol. The van der Waals surface area contributed by atoms with Gasteiger partial charge in [-0.25, -0.2) is 9.78 Å². The second-order valence-electron chi connectivity index (χ2n) is 6.36. The molecule has 0 radical (unpaired) electrons. The highest BCUT2D eigenvalue weighted by molar-refractivity contribution is 7.15. The lowest BCUT2D eigenvalue weighted by atomic mass is 9.99. The number of amides is 2. The molecule has 0 spiro atoms. The van der Waals surface area contributed by atoms with Crippen molar-refractivity contribution in [3.05, 3.63) is 70.2 Å². The fraction of sp³-hybridized carbons (Fsp3) is 0.143. The van der Waals surface area contributed by atoms with E-state index in [-0.39, 0.29) is 17.3 Å². The lowest BCUT2D eigenvalue weighted by molar-refractivity contribution is -0.136. The van der Waals surface area contributed by atoms with E-state index >= 15 is 0 Å². The molecule has 1 aromatic heterocycles. The summed E-state index contributed by atoms with van der Waals surface area (Å²) in [6.45, 7) is 1.85. The smallest absolute Gasteiger partial charge is 0.325 e. The SMILES string of the molecule is COc1ccccc1C(=O)c1cc(C)ccc1NC(=O)Nc1ncc(CC(=O)O)s1. The van der Waals surface area contributed by atoms with Crippen molar-refractivity contribution < 1.29 is 24.2 Å². The van der Waals surface area contributed by atoms with E-state index < -0.39 is 12.0 Å². The number of aryl methyl sites for hydroxylation is 1. The molecule has 30 heavy (non-hydrogen) atoms. The molecule has 3 aromatic rings. The highest BCUT2D eigenvalue weighted by Gasteiger charge is 2.19. The van der Waals surface area contributed by atoms with Gasteiger partial charge in [-0.15, -0.1) is 11.3 Å². The average molecular weight is 425 g/mol. The fourth-order valence-electron chi connectivity index (χ4n) is 2.78. The van der Waals surface area contributed by atoms with E-state index in [1.54, 1.807) is 42.5 Å². The molecule has 0 saturated heterocycles. The zero-order valence-corrected chi connectivity index (χ0v) is 17.1. The number of aromatic nitrogens is 1. The van der Waals surface area contributed by atoms with Gasteiger partial charge in [-0.3, -0.25) is 14.9 Å². The minimum Gasteiger partial charge on any atom is -0.496 e. The first kappa shape index (κ1) is 21.0. The fourth-order valence-corrected chi connectivity index (χ4v) is 3.58. The Morgan fingerprint density at radius 1 is 1.10 bits per heavy atom. The first-order valence-corrected chi connectivity index (χ1v) is 9.72. The first-order chi connectivity index (χ1) is 14.4. The number of thiazole rings is 1. The second-order valence-corrected chi connectivity index (χ2v) is 7.48. The highest BCUT2D eigenvalue weighted by atomic mass is 32.1. The van der Waals surface area contributed by atoms with Gasteiger partial charge in [-0.1, -0.05) is 23.8 Å². The maximum atomic E-state index is 13.1. The maximum Gasteiger partial charge on any atom is 0.325 e. The van der Waals surface area contributed by atoms with Crippen LogP contribution in [0, 0.1) is 6.92 Å². The highest BCUT2D eigenvalue weighted by Crippen LogP contribution is 2.26. The van der Waals surface area contributed by atoms with Gasteiger partial charge in [0.25, 0.3) is 0 Å². The van der Waals surface area contributed by atoms with Crippen LogP contribution >= 0.6 is 11.3 Å². The Kier molecular flexibility index (Phi) is 6.43. The molecule has 0 atom stereocenters. The molecular weight excluding hydrogens is 406 g/mol. The van der Waals surface area contributed by atoms with Crippen LogP contribution in [0.1, 0.15) is 26.4 Å². The van der Waals surface area contributed by atoms with Crippen LogP contribution in [-0.4, -0.2) is 35.0 Å². The topological polar surface area (TPSA) is 118 Å². The molecule has 0 unspecified atom stereocenters. The Bertz CT molecular complexity index is 1110. The van der Waals surface area contributed by atoms with E-state index in [2.05, 4.69) is 15.6 Å². The molecule has 0 saturated carbocycles. The number of carbonyl (C=O) groups is 3. The molecule has 154 valence electrons. The Morgan fingerprint density at radius 2 is 1.87 bits per heavy atom. The lowest BCUT2D eigenvalue weighted by Gasteiger charge is -2.13. The Balaban J connectivity index is 1.81. The summed E-state index contributed by atoms with van der Waals surface area (Å²) < 4.78 is 5.28. The van der Waals surface area contributed by atoms with Gasteiger partial charge in [-0.2, -0.15) is 0 Å². The number of anilines is 2. The molecule has 3 rings (SSSR count). The Labute approximate surface area is 176 Å². The van der Waals surface area contributed by atoms with Gasteiger partial charge in [0.2, 0.25) is 0 Å². The van der Waals surface area contributed by atoms with Crippen molar-refractivity contribution in [3.63, 3.8) is 0 Å². The van der Waals surface area contributed by atoms with Gasteiger partial charge >= 0.3 is 12.0 Å². The summed E-state index contributed by atoms with van der Waals surface area (Å²) in [5.41, 5.74) is 1.89. The third-order valence-corrected chi connectivity index (χ3v) is 5.03. The molecule has 9 heteroatoms. The third kappa shape index (κ3) is 5.00. The number of hydrogen-bond acceptors (Lipinski definition) is 6. The monoisotopic (exact) mass is 425 g/mol. The van der Waals surface area contributed by atoms with Crippen molar-refractivity contribution >= 4 is 39.9 Å². The average Bonchev–Trinajstić information content (AvgIpc) is 3.14. The van der Waals surface area contributed by atoms with Crippen molar-refractivity contribution in [3.8, 4) is 5.75 Å². The van der Waals surface area contributed by atoms with Gasteiger partial charge in [0.1, 0.15) is 5.75 Å².